The summed E-state index contributed by atoms with van der Waals surface area (Å²) < 4.78 is 37.7. The maximum atomic E-state index is 12.6. The number of rotatable bonds is 3. The fourth-order valence-electron chi connectivity index (χ4n) is 1.97. The van der Waals surface area contributed by atoms with E-state index in [1.54, 1.807) is 24.3 Å². The third-order valence-corrected chi connectivity index (χ3v) is 3.04. The van der Waals surface area contributed by atoms with E-state index in [4.69, 9.17) is 5.41 Å². The number of ketones is 1. The monoisotopic (exact) mass is 291 g/mol. The number of alkyl halides is 3. The topological polar surface area (TPSA) is 40.9 Å². The molecule has 1 N–H and O–H groups in total. The normalized spacial score (nSPS) is 11.2. The van der Waals surface area contributed by atoms with Crippen LogP contribution in [0.4, 0.5) is 13.2 Å². The average molecular weight is 291 g/mol. The van der Waals surface area contributed by atoms with Crippen molar-refractivity contribution in [3.8, 4) is 11.1 Å². The molecule has 0 aliphatic heterocycles. The van der Waals surface area contributed by atoms with Gasteiger partial charge in [0.1, 0.15) is 0 Å². The Hall–Kier alpha value is -2.43. The molecule has 0 aromatic heterocycles. The minimum absolute atomic E-state index is 0.116. The van der Waals surface area contributed by atoms with Crippen molar-refractivity contribution in [3.63, 3.8) is 0 Å². The number of hydrogen-bond acceptors (Lipinski definition) is 2. The molecule has 21 heavy (non-hydrogen) atoms. The highest BCUT2D eigenvalue weighted by Crippen LogP contribution is 2.31. The van der Waals surface area contributed by atoms with Crippen LogP contribution in [0.1, 0.15) is 22.8 Å². The summed E-state index contributed by atoms with van der Waals surface area (Å²) in [7, 11) is 0. The van der Waals surface area contributed by atoms with Crippen LogP contribution in [0.25, 0.3) is 11.1 Å². The van der Waals surface area contributed by atoms with Crippen LogP contribution < -0.4 is 0 Å². The van der Waals surface area contributed by atoms with Crippen LogP contribution in [-0.4, -0.2) is 11.5 Å². The Morgan fingerprint density at radius 2 is 1.57 bits per heavy atom. The molecule has 0 unspecified atom stereocenters. The lowest BCUT2D eigenvalue weighted by Crippen LogP contribution is -2.10. The fraction of sp³-hybridized carbons (Fsp3) is 0.125. The number of carbonyl (C=O) groups is 1. The molecule has 2 nitrogen and oxygen atoms in total. The van der Waals surface area contributed by atoms with E-state index in [1.807, 2.05) is 0 Å². The summed E-state index contributed by atoms with van der Waals surface area (Å²) in [6.07, 6.45) is -4.39. The van der Waals surface area contributed by atoms with Crippen LogP contribution >= 0.6 is 0 Å². The number of halogens is 3. The van der Waals surface area contributed by atoms with Gasteiger partial charge in [-0.3, -0.25) is 4.79 Å². The summed E-state index contributed by atoms with van der Waals surface area (Å²) in [5.74, 6) is -0.439. The zero-order valence-electron chi connectivity index (χ0n) is 11.2. The van der Waals surface area contributed by atoms with Crippen molar-refractivity contribution in [1.29, 1.82) is 5.41 Å². The lowest BCUT2D eigenvalue weighted by atomic mass is 9.95. The van der Waals surface area contributed by atoms with Crippen molar-refractivity contribution >= 4 is 11.5 Å². The van der Waals surface area contributed by atoms with Gasteiger partial charge in [-0.25, -0.2) is 0 Å². The maximum absolute atomic E-state index is 12.6. The Balaban J connectivity index is 2.48. The first-order chi connectivity index (χ1) is 9.80. The van der Waals surface area contributed by atoms with Crippen molar-refractivity contribution in [2.45, 2.75) is 13.1 Å². The molecule has 0 aliphatic carbocycles. The minimum atomic E-state index is -4.39. The molecule has 0 amide bonds. The van der Waals surface area contributed by atoms with Gasteiger partial charge in [0.05, 0.1) is 11.3 Å². The Morgan fingerprint density at radius 3 is 2.10 bits per heavy atom. The second-order valence-electron chi connectivity index (χ2n) is 4.57. The van der Waals surface area contributed by atoms with Gasteiger partial charge in [-0.2, -0.15) is 13.2 Å². The van der Waals surface area contributed by atoms with Crippen molar-refractivity contribution < 1.29 is 18.0 Å². The van der Waals surface area contributed by atoms with E-state index >= 15 is 0 Å². The van der Waals surface area contributed by atoms with Gasteiger partial charge in [-0.05, 0) is 30.2 Å². The lowest BCUT2D eigenvalue weighted by molar-refractivity contribution is -0.137. The third-order valence-electron chi connectivity index (χ3n) is 3.04. The average Bonchev–Trinajstić information content (AvgIpc) is 2.45. The van der Waals surface area contributed by atoms with Crippen molar-refractivity contribution in [1.82, 2.24) is 0 Å². The molecule has 0 radical (unpaired) electrons. The molecule has 0 saturated carbocycles. The van der Waals surface area contributed by atoms with Gasteiger partial charge in [0.25, 0.3) is 0 Å². The van der Waals surface area contributed by atoms with Crippen LogP contribution in [0.5, 0.6) is 0 Å². The van der Waals surface area contributed by atoms with Gasteiger partial charge in [0, 0.05) is 5.56 Å². The highest BCUT2D eigenvalue weighted by Gasteiger charge is 2.30. The SMILES string of the molecule is CC(=N)C(=O)c1ccccc1-c1ccc(C(F)(F)F)cc1. The Morgan fingerprint density at radius 1 is 1.00 bits per heavy atom. The van der Waals surface area contributed by atoms with E-state index in [2.05, 4.69) is 0 Å². The number of nitrogens with one attached hydrogen (secondary N) is 1. The molecule has 2 aromatic carbocycles. The van der Waals surface area contributed by atoms with Gasteiger partial charge >= 0.3 is 6.18 Å². The van der Waals surface area contributed by atoms with Gasteiger partial charge in [-0.15, -0.1) is 0 Å². The van der Waals surface area contributed by atoms with Crippen LogP contribution in [0.2, 0.25) is 0 Å². The predicted octanol–water partition coefficient (Wildman–Crippen LogP) is 4.59. The number of benzene rings is 2. The largest absolute Gasteiger partial charge is 0.416 e. The fourth-order valence-corrected chi connectivity index (χ4v) is 1.97. The smallest absolute Gasteiger partial charge is 0.302 e. The molecule has 0 saturated heterocycles. The van der Waals surface area contributed by atoms with E-state index in [-0.39, 0.29) is 5.71 Å². The van der Waals surface area contributed by atoms with Crippen molar-refractivity contribution in [3.05, 3.63) is 59.7 Å². The molecule has 108 valence electrons. The van der Waals surface area contributed by atoms with Crippen molar-refractivity contribution in [2.24, 2.45) is 0 Å². The van der Waals surface area contributed by atoms with Crippen LogP contribution in [0.15, 0.2) is 48.5 Å². The van der Waals surface area contributed by atoms with E-state index < -0.39 is 17.5 Å². The summed E-state index contributed by atoms with van der Waals surface area (Å²) in [6, 6.07) is 11.2. The van der Waals surface area contributed by atoms with Crippen LogP contribution in [0, 0.1) is 5.41 Å². The zero-order valence-corrected chi connectivity index (χ0v) is 11.2. The first-order valence-electron chi connectivity index (χ1n) is 6.17. The van der Waals surface area contributed by atoms with Crippen LogP contribution in [-0.2, 0) is 6.18 Å². The molecule has 5 heteroatoms. The molecule has 0 aliphatic rings. The summed E-state index contributed by atoms with van der Waals surface area (Å²) in [6.45, 7) is 1.38. The number of carbonyl (C=O) groups excluding carboxylic acids is 1. The van der Waals surface area contributed by atoms with Gasteiger partial charge in [-0.1, -0.05) is 36.4 Å². The van der Waals surface area contributed by atoms with E-state index in [1.165, 1.54) is 19.1 Å². The first-order valence-corrected chi connectivity index (χ1v) is 6.17. The van der Waals surface area contributed by atoms with E-state index in [0.29, 0.717) is 16.7 Å². The summed E-state index contributed by atoms with van der Waals surface area (Å²) >= 11 is 0. The number of hydrogen-bond donors (Lipinski definition) is 1. The quantitative estimate of drug-likeness (QED) is 0.652. The zero-order chi connectivity index (χ0) is 15.6. The minimum Gasteiger partial charge on any atom is -0.302 e. The molecule has 0 bridgehead atoms. The highest BCUT2D eigenvalue weighted by atomic mass is 19.4. The Kier molecular flexibility index (Phi) is 3.93. The molecule has 2 rings (SSSR count). The van der Waals surface area contributed by atoms with Gasteiger partial charge in [0.2, 0.25) is 5.78 Å². The standard InChI is InChI=1S/C16H12F3NO/c1-10(20)15(21)14-5-3-2-4-13(14)11-6-8-12(9-7-11)16(17,18)19/h2-9,20H,1H3. The van der Waals surface area contributed by atoms with Gasteiger partial charge < -0.3 is 5.41 Å². The molecule has 0 heterocycles. The summed E-state index contributed by atoms with van der Waals surface area (Å²) in [5, 5.41) is 7.41. The van der Waals surface area contributed by atoms with Gasteiger partial charge in [0.15, 0.2) is 0 Å². The Bertz CT molecular complexity index is 687. The molecule has 2 aromatic rings. The van der Waals surface area contributed by atoms with Crippen molar-refractivity contribution in [2.75, 3.05) is 0 Å². The second-order valence-corrected chi connectivity index (χ2v) is 4.57. The molecule has 0 spiro atoms. The molecular formula is C16H12F3NO. The molecule has 0 fully saturated rings. The molecule has 0 atom stereocenters. The summed E-state index contributed by atoms with van der Waals surface area (Å²) in [5.41, 5.74) is 0.480. The molecular weight excluding hydrogens is 279 g/mol. The highest BCUT2D eigenvalue weighted by molar-refractivity contribution is 6.45. The summed E-state index contributed by atoms with van der Waals surface area (Å²) in [4.78, 5) is 12.0. The first kappa shape index (κ1) is 15.0. The van der Waals surface area contributed by atoms with E-state index in [9.17, 15) is 18.0 Å². The number of Topliss-reactive ketones (excluding diaryl/α,β-unsaturated/α-hetero) is 1. The Labute approximate surface area is 119 Å². The third kappa shape index (κ3) is 3.18. The predicted molar refractivity (Wildman–Crippen MR) is 74.6 cm³/mol. The van der Waals surface area contributed by atoms with Crippen LogP contribution in [0.3, 0.4) is 0 Å². The lowest BCUT2D eigenvalue weighted by Gasteiger charge is -2.10. The second kappa shape index (κ2) is 5.52. The maximum Gasteiger partial charge on any atom is 0.416 e. The van der Waals surface area contributed by atoms with E-state index in [0.717, 1.165) is 12.1 Å².